The van der Waals surface area contributed by atoms with Crippen LogP contribution in [0.4, 0.5) is 5.69 Å². The second kappa shape index (κ2) is 8.49. The van der Waals surface area contributed by atoms with Crippen LogP contribution in [0.1, 0.15) is 12.5 Å². The first-order valence-corrected chi connectivity index (χ1v) is 8.84. The molecule has 27 heavy (non-hydrogen) atoms. The Kier molecular flexibility index (Phi) is 5.86. The highest BCUT2D eigenvalue weighted by atomic mass is 16.5. The number of anilines is 1. The van der Waals surface area contributed by atoms with Gasteiger partial charge in [-0.05, 0) is 42.8 Å². The molecule has 0 aliphatic carbocycles. The lowest BCUT2D eigenvalue weighted by Crippen LogP contribution is -2.41. The average Bonchev–Trinajstić information content (AvgIpc) is 2.67. The second-order valence-corrected chi connectivity index (χ2v) is 6.21. The zero-order valence-corrected chi connectivity index (χ0v) is 15.4. The van der Waals surface area contributed by atoms with Gasteiger partial charge in [-0.2, -0.15) is 0 Å². The number of aliphatic carboxylic acids is 1. The number of carboxylic acid groups (broad SMARTS) is 1. The van der Waals surface area contributed by atoms with Crippen molar-refractivity contribution >= 4 is 17.7 Å². The summed E-state index contributed by atoms with van der Waals surface area (Å²) < 4.78 is 17.0. The van der Waals surface area contributed by atoms with Crippen LogP contribution in [-0.4, -0.2) is 44.0 Å². The number of nitrogens with zero attached hydrogens (tertiary/aromatic N) is 1. The van der Waals surface area contributed by atoms with Gasteiger partial charge in [0.05, 0.1) is 18.8 Å². The largest absolute Gasteiger partial charge is 0.490 e. The molecule has 0 fully saturated rings. The molecule has 1 aliphatic heterocycles. The van der Waals surface area contributed by atoms with Crippen molar-refractivity contribution in [1.82, 2.24) is 0 Å². The summed E-state index contributed by atoms with van der Waals surface area (Å²) in [5, 5.41) is 9.10. The first kappa shape index (κ1) is 18.6. The van der Waals surface area contributed by atoms with E-state index >= 15 is 0 Å². The van der Waals surface area contributed by atoms with E-state index in [1.807, 2.05) is 31.3 Å². The van der Waals surface area contributed by atoms with Crippen molar-refractivity contribution in [3.8, 4) is 11.5 Å². The molecule has 1 N–H and O–H groups in total. The number of rotatable bonds is 7. The molecule has 0 aromatic heterocycles. The van der Waals surface area contributed by atoms with Crippen molar-refractivity contribution in [2.45, 2.75) is 13.0 Å². The predicted octanol–water partition coefficient (Wildman–Crippen LogP) is 3.42. The topological polar surface area (TPSA) is 68.2 Å². The average molecular weight is 369 g/mol. The number of hydrogen-bond acceptors (Lipinski definition) is 5. The molecule has 3 rings (SSSR count). The van der Waals surface area contributed by atoms with Crippen molar-refractivity contribution in [1.29, 1.82) is 0 Å². The predicted molar refractivity (Wildman–Crippen MR) is 103 cm³/mol. The van der Waals surface area contributed by atoms with Crippen LogP contribution in [0, 0.1) is 0 Å². The third-order valence-corrected chi connectivity index (χ3v) is 4.17. The molecule has 2 aromatic rings. The molecule has 1 atom stereocenters. The number of benzene rings is 2. The number of fused-ring (bicyclic) bond motifs is 1. The van der Waals surface area contributed by atoms with E-state index < -0.39 is 5.97 Å². The van der Waals surface area contributed by atoms with Crippen LogP contribution in [-0.2, 0) is 9.53 Å². The van der Waals surface area contributed by atoms with E-state index in [4.69, 9.17) is 19.3 Å². The van der Waals surface area contributed by atoms with Crippen molar-refractivity contribution in [3.63, 3.8) is 0 Å². The van der Waals surface area contributed by atoms with Gasteiger partial charge in [0, 0.05) is 7.05 Å². The van der Waals surface area contributed by atoms with Crippen LogP contribution in [0.15, 0.2) is 54.3 Å². The van der Waals surface area contributed by atoms with Crippen molar-refractivity contribution in [3.05, 3.63) is 59.9 Å². The first-order valence-electron chi connectivity index (χ1n) is 8.84. The quantitative estimate of drug-likeness (QED) is 0.596. The van der Waals surface area contributed by atoms with Gasteiger partial charge in [-0.15, -0.1) is 0 Å². The first-order chi connectivity index (χ1) is 13.1. The Morgan fingerprint density at radius 2 is 2.00 bits per heavy atom. The summed E-state index contributed by atoms with van der Waals surface area (Å²) in [5.74, 6) is 0.391. The summed E-state index contributed by atoms with van der Waals surface area (Å²) in [6.07, 6.45) is 1.42. The molecule has 0 saturated heterocycles. The zero-order chi connectivity index (χ0) is 19.2. The van der Waals surface area contributed by atoms with Gasteiger partial charge in [-0.1, -0.05) is 24.3 Å². The molecule has 6 nitrogen and oxygen atoms in total. The Morgan fingerprint density at radius 1 is 1.26 bits per heavy atom. The van der Waals surface area contributed by atoms with Gasteiger partial charge in [0.1, 0.15) is 24.2 Å². The summed E-state index contributed by atoms with van der Waals surface area (Å²) in [7, 11) is 2.04. The Balaban J connectivity index is 1.59. The molecular formula is C21H23NO5. The molecule has 142 valence electrons. The molecule has 0 saturated carbocycles. The van der Waals surface area contributed by atoms with E-state index in [1.165, 1.54) is 6.08 Å². The molecule has 0 bridgehead atoms. The normalized spacial score (nSPS) is 16.3. The van der Waals surface area contributed by atoms with E-state index in [9.17, 15) is 4.79 Å². The Morgan fingerprint density at radius 3 is 2.70 bits per heavy atom. The summed E-state index contributed by atoms with van der Waals surface area (Å²) in [6.45, 7) is 3.22. The highest BCUT2D eigenvalue weighted by Gasteiger charge is 2.23. The van der Waals surface area contributed by atoms with Crippen LogP contribution in [0.2, 0.25) is 0 Å². The molecule has 0 radical (unpaired) electrons. The minimum Gasteiger partial charge on any atom is -0.490 e. The van der Waals surface area contributed by atoms with E-state index in [0.717, 1.165) is 23.5 Å². The molecule has 1 heterocycles. The molecule has 1 unspecified atom stereocenters. The Bertz CT molecular complexity index is 816. The number of carboxylic acids is 1. The van der Waals surface area contributed by atoms with Gasteiger partial charge in [-0.25, -0.2) is 4.79 Å². The van der Waals surface area contributed by atoms with Gasteiger partial charge in [-0.3, -0.25) is 0 Å². The van der Waals surface area contributed by atoms with E-state index in [-0.39, 0.29) is 11.9 Å². The molecule has 0 spiro atoms. The maximum atomic E-state index is 11.1. The molecule has 0 amide bonds. The minimum atomic E-state index is -1.09. The summed E-state index contributed by atoms with van der Waals surface area (Å²) in [4.78, 5) is 13.3. The van der Waals surface area contributed by atoms with Gasteiger partial charge >= 0.3 is 5.97 Å². The van der Waals surface area contributed by atoms with Gasteiger partial charge in [0.25, 0.3) is 0 Å². The Hall–Kier alpha value is -3.15. The monoisotopic (exact) mass is 369 g/mol. The van der Waals surface area contributed by atoms with Crippen LogP contribution in [0.25, 0.3) is 6.08 Å². The minimum absolute atomic E-state index is 0.0685. The molecular weight excluding hydrogens is 346 g/mol. The highest BCUT2D eigenvalue weighted by Crippen LogP contribution is 2.32. The van der Waals surface area contributed by atoms with Crippen LogP contribution >= 0.6 is 0 Å². The molecule has 6 heteroatoms. The lowest BCUT2D eigenvalue weighted by atomic mass is 10.2. The number of carbonyl (C=O) groups is 1. The Labute approximate surface area is 158 Å². The summed E-state index contributed by atoms with van der Waals surface area (Å²) in [5.41, 5.74) is 1.81. The lowest BCUT2D eigenvalue weighted by Gasteiger charge is -2.33. The number of ether oxygens (including phenoxy) is 3. The van der Waals surface area contributed by atoms with Crippen LogP contribution in [0.3, 0.4) is 0 Å². The van der Waals surface area contributed by atoms with Crippen molar-refractivity contribution in [2.75, 3.05) is 31.7 Å². The number of likely N-dealkylation sites (N-methyl/N-ethyl adjacent to an activating group) is 1. The fourth-order valence-electron chi connectivity index (χ4n) is 2.90. The SMILES string of the molecule is CCOC(=Cc1ccc(OCC2CN(C)c3ccccc3O2)cc1)C(=O)O. The van der Waals surface area contributed by atoms with E-state index in [0.29, 0.717) is 19.0 Å². The van der Waals surface area contributed by atoms with Gasteiger partial charge < -0.3 is 24.2 Å². The lowest BCUT2D eigenvalue weighted by molar-refractivity contribution is -0.136. The standard InChI is InChI=1S/C21H23NO5/c1-3-25-20(21(23)24)12-15-8-10-16(11-9-15)26-14-17-13-22(2)18-6-4-5-7-19(18)27-17/h4-12,17H,3,13-14H2,1-2H3,(H,23,24). The smallest absolute Gasteiger partial charge is 0.371 e. The molecule has 1 aliphatic rings. The summed E-state index contributed by atoms with van der Waals surface area (Å²) in [6, 6.07) is 15.1. The molecule has 2 aromatic carbocycles. The van der Waals surface area contributed by atoms with E-state index in [2.05, 4.69) is 4.90 Å². The number of hydrogen-bond donors (Lipinski definition) is 1. The number of para-hydroxylation sites is 2. The maximum Gasteiger partial charge on any atom is 0.371 e. The van der Waals surface area contributed by atoms with E-state index in [1.54, 1.807) is 31.2 Å². The summed E-state index contributed by atoms with van der Waals surface area (Å²) >= 11 is 0. The fourth-order valence-corrected chi connectivity index (χ4v) is 2.90. The van der Waals surface area contributed by atoms with Gasteiger partial charge in [0.15, 0.2) is 0 Å². The maximum absolute atomic E-state index is 11.1. The van der Waals surface area contributed by atoms with Gasteiger partial charge in [0.2, 0.25) is 5.76 Å². The third kappa shape index (κ3) is 4.73. The second-order valence-electron chi connectivity index (χ2n) is 6.21. The highest BCUT2D eigenvalue weighted by molar-refractivity contribution is 5.89. The third-order valence-electron chi connectivity index (χ3n) is 4.17. The van der Waals surface area contributed by atoms with Crippen LogP contribution < -0.4 is 14.4 Å². The zero-order valence-electron chi connectivity index (χ0n) is 15.4. The van der Waals surface area contributed by atoms with Crippen molar-refractivity contribution < 1.29 is 24.1 Å². The van der Waals surface area contributed by atoms with Crippen molar-refractivity contribution in [2.24, 2.45) is 0 Å². The van der Waals surface area contributed by atoms with Crippen LogP contribution in [0.5, 0.6) is 11.5 Å². The fraction of sp³-hybridized carbons (Fsp3) is 0.286.